The van der Waals surface area contributed by atoms with Crippen LogP contribution in [-0.4, -0.2) is 96.2 Å². The zero-order chi connectivity index (χ0) is 28.1. The van der Waals surface area contributed by atoms with Gasteiger partial charge in [0.25, 0.3) is 0 Å². The van der Waals surface area contributed by atoms with Crippen LogP contribution >= 0.6 is 0 Å². The summed E-state index contributed by atoms with van der Waals surface area (Å²) in [7, 11) is 7.57. The number of amides is 1. The summed E-state index contributed by atoms with van der Waals surface area (Å²) in [4.78, 5) is 33.0. The van der Waals surface area contributed by atoms with Gasteiger partial charge in [0.05, 0.1) is 24.2 Å². The maximum absolute atomic E-state index is 12.9. The summed E-state index contributed by atoms with van der Waals surface area (Å²) in [6.07, 6.45) is 8.89. The molecule has 1 aromatic carbocycles. The summed E-state index contributed by atoms with van der Waals surface area (Å²) in [6.45, 7) is 4.83. The van der Waals surface area contributed by atoms with Crippen LogP contribution in [-0.2, 0) is 4.79 Å². The van der Waals surface area contributed by atoms with Gasteiger partial charge in [0.2, 0.25) is 11.9 Å². The summed E-state index contributed by atoms with van der Waals surface area (Å²) in [5.41, 5.74) is 2.88. The minimum Gasteiger partial charge on any atom is -0.494 e. The monoisotopic (exact) mass is 541 g/mol. The Labute approximate surface area is 234 Å². The van der Waals surface area contributed by atoms with E-state index in [0.29, 0.717) is 28.9 Å². The van der Waals surface area contributed by atoms with Crippen LogP contribution in [0.4, 0.5) is 23.0 Å². The first-order chi connectivity index (χ1) is 19.4. The van der Waals surface area contributed by atoms with E-state index in [0.717, 1.165) is 49.4 Å². The number of anilines is 4. The highest BCUT2D eigenvalue weighted by molar-refractivity contribution is 6.02. The predicted octanol–water partition coefficient (Wildman–Crippen LogP) is 3.38. The van der Waals surface area contributed by atoms with E-state index in [2.05, 4.69) is 37.4 Å². The summed E-state index contributed by atoms with van der Waals surface area (Å²) in [6, 6.07) is 11.4. The number of fused-ring (bicyclic) bond motifs is 1. The summed E-state index contributed by atoms with van der Waals surface area (Å²) in [5.74, 6) is 1.46. The number of nitrogens with zero attached hydrogens (tertiary/aromatic N) is 7. The van der Waals surface area contributed by atoms with Crippen molar-refractivity contribution >= 4 is 40.0 Å². The molecule has 1 fully saturated rings. The number of carbonyl (C=O) groups is 1. The molecular weight excluding hydrogens is 506 g/mol. The van der Waals surface area contributed by atoms with Crippen molar-refractivity contribution in [2.45, 2.75) is 0 Å². The average molecular weight is 542 g/mol. The molecule has 2 N–H and O–H groups in total. The average Bonchev–Trinajstić information content (AvgIpc) is 3.39. The Bertz CT molecular complexity index is 1510. The van der Waals surface area contributed by atoms with E-state index in [4.69, 9.17) is 9.72 Å². The lowest BCUT2D eigenvalue weighted by Crippen LogP contribution is -2.44. The molecule has 4 aromatic rings. The quantitative estimate of drug-likeness (QED) is 0.309. The minimum absolute atomic E-state index is 0.196. The van der Waals surface area contributed by atoms with Crippen LogP contribution in [0.15, 0.2) is 67.1 Å². The summed E-state index contributed by atoms with van der Waals surface area (Å²) < 4.78 is 7.58. The van der Waals surface area contributed by atoms with Gasteiger partial charge in [0.1, 0.15) is 17.2 Å². The number of piperazine rings is 1. The first-order valence-electron chi connectivity index (χ1n) is 13.2. The summed E-state index contributed by atoms with van der Waals surface area (Å²) in [5, 5.41) is 7.31. The van der Waals surface area contributed by atoms with Crippen molar-refractivity contribution in [1.82, 2.24) is 29.3 Å². The first-order valence-corrected chi connectivity index (χ1v) is 13.2. The lowest BCUT2D eigenvalue weighted by atomic mass is 10.2. The van der Waals surface area contributed by atoms with Crippen molar-refractivity contribution in [2.75, 3.05) is 76.5 Å². The topological polar surface area (TPSA) is 104 Å². The molecule has 3 aromatic heterocycles. The van der Waals surface area contributed by atoms with Gasteiger partial charge in [-0.15, -0.1) is 0 Å². The number of likely N-dealkylation sites (N-methyl/N-ethyl adjacent to an activating group) is 1. The number of aromatic nitrogens is 4. The molecule has 1 aliphatic heterocycles. The van der Waals surface area contributed by atoms with Gasteiger partial charge in [-0.2, -0.15) is 4.98 Å². The molecule has 0 radical (unpaired) electrons. The van der Waals surface area contributed by atoms with Gasteiger partial charge in [-0.25, -0.2) is 9.97 Å². The number of benzene rings is 1. The molecule has 5 rings (SSSR count). The number of nitrogens with one attached hydrogen (secondary N) is 2. The Kier molecular flexibility index (Phi) is 8.23. The van der Waals surface area contributed by atoms with Crippen molar-refractivity contribution < 1.29 is 9.53 Å². The van der Waals surface area contributed by atoms with E-state index < -0.39 is 0 Å². The van der Waals surface area contributed by atoms with Crippen LogP contribution in [0.2, 0.25) is 0 Å². The second-order valence-electron chi connectivity index (χ2n) is 9.92. The largest absolute Gasteiger partial charge is 0.494 e. The van der Waals surface area contributed by atoms with Crippen LogP contribution in [0.5, 0.6) is 5.75 Å². The van der Waals surface area contributed by atoms with Crippen LogP contribution < -0.4 is 20.3 Å². The third kappa shape index (κ3) is 6.22. The molecule has 0 unspecified atom stereocenters. The Morgan fingerprint density at radius 3 is 2.67 bits per heavy atom. The number of carbonyl (C=O) groups excluding carboxylic acids is 1. The number of ether oxygens (including phenoxy) is 1. The minimum atomic E-state index is -0.196. The molecule has 40 heavy (non-hydrogen) atoms. The van der Waals surface area contributed by atoms with Gasteiger partial charge in [0.15, 0.2) is 0 Å². The highest BCUT2D eigenvalue weighted by atomic mass is 16.5. The van der Waals surface area contributed by atoms with Crippen LogP contribution in [0, 0.1) is 0 Å². The molecular formula is C29H35N9O2. The number of hydrogen-bond donors (Lipinski definition) is 2. The van der Waals surface area contributed by atoms with E-state index in [1.165, 1.54) is 0 Å². The summed E-state index contributed by atoms with van der Waals surface area (Å²) >= 11 is 0. The zero-order valence-corrected chi connectivity index (χ0v) is 23.3. The second kappa shape index (κ2) is 12.1. The van der Waals surface area contributed by atoms with E-state index >= 15 is 0 Å². The fraction of sp³-hybridized carbons (Fsp3) is 0.310. The molecule has 0 aliphatic carbocycles. The highest BCUT2D eigenvalue weighted by Gasteiger charge is 2.16. The zero-order valence-electron chi connectivity index (χ0n) is 23.3. The van der Waals surface area contributed by atoms with Crippen molar-refractivity contribution in [3.05, 3.63) is 67.1 Å². The van der Waals surface area contributed by atoms with E-state index in [1.807, 2.05) is 72.2 Å². The Hall–Kier alpha value is -4.48. The lowest BCUT2D eigenvalue weighted by molar-refractivity contribution is -0.111. The normalized spacial score (nSPS) is 14.5. The number of rotatable bonds is 9. The van der Waals surface area contributed by atoms with Gasteiger partial charge in [-0.05, 0) is 37.4 Å². The molecule has 1 aliphatic rings. The molecule has 11 nitrogen and oxygen atoms in total. The van der Waals surface area contributed by atoms with Crippen molar-refractivity contribution in [3.8, 4) is 11.6 Å². The van der Waals surface area contributed by atoms with Crippen molar-refractivity contribution in [2.24, 2.45) is 0 Å². The molecule has 0 saturated carbocycles. The molecule has 0 atom stereocenters. The predicted molar refractivity (Wildman–Crippen MR) is 159 cm³/mol. The van der Waals surface area contributed by atoms with Gasteiger partial charge in [-0.1, -0.05) is 6.08 Å². The van der Waals surface area contributed by atoms with Gasteiger partial charge in [0, 0.05) is 82.9 Å². The van der Waals surface area contributed by atoms with Crippen LogP contribution in [0.1, 0.15) is 0 Å². The fourth-order valence-corrected chi connectivity index (χ4v) is 4.63. The van der Waals surface area contributed by atoms with Gasteiger partial charge >= 0.3 is 0 Å². The SMILES string of the molecule is COc1cc(N(C)C)c(NC(=O)/C=C/CN2CCN(C)CC2)cc1Nc1nccc(-n2ccc3cccnc32)n1. The molecule has 11 heteroatoms. The van der Waals surface area contributed by atoms with E-state index in [9.17, 15) is 4.79 Å². The number of methoxy groups -OCH3 is 1. The van der Waals surface area contributed by atoms with Crippen molar-refractivity contribution in [1.29, 1.82) is 0 Å². The number of pyridine rings is 1. The maximum Gasteiger partial charge on any atom is 0.248 e. The van der Waals surface area contributed by atoms with Gasteiger partial charge < -0.3 is 25.2 Å². The van der Waals surface area contributed by atoms with Crippen LogP contribution in [0.25, 0.3) is 16.9 Å². The third-order valence-electron chi connectivity index (χ3n) is 6.87. The van der Waals surface area contributed by atoms with E-state index in [1.54, 1.807) is 25.6 Å². The number of hydrogen-bond acceptors (Lipinski definition) is 9. The smallest absolute Gasteiger partial charge is 0.248 e. The molecule has 208 valence electrons. The Balaban J connectivity index is 1.36. The molecule has 0 spiro atoms. The van der Waals surface area contributed by atoms with Gasteiger partial charge in [-0.3, -0.25) is 14.3 Å². The highest BCUT2D eigenvalue weighted by Crippen LogP contribution is 2.37. The lowest BCUT2D eigenvalue weighted by Gasteiger charge is -2.31. The molecule has 1 saturated heterocycles. The standard InChI is InChI=1S/C29H35N9O2/c1-35(2)24-20-25(40-4)23(19-22(24)32-27(39)8-6-13-37-17-15-36(3)16-18-37)33-29-31-12-9-26(34-29)38-14-10-21-7-5-11-30-28(21)38/h5-12,14,19-20H,13,15-18H2,1-4H3,(H,32,39)(H,31,33,34)/b8-6+. The molecule has 0 bridgehead atoms. The Morgan fingerprint density at radius 1 is 1.07 bits per heavy atom. The first kappa shape index (κ1) is 27.1. The fourth-order valence-electron chi connectivity index (χ4n) is 4.63. The van der Waals surface area contributed by atoms with E-state index in [-0.39, 0.29) is 5.91 Å². The Morgan fingerprint density at radius 2 is 1.90 bits per heavy atom. The molecule has 1 amide bonds. The van der Waals surface area contributed by atoms with Crippen molar-refractivity contribution in [3.63, 3.8) is 0 Å². The van der Waals surface area contributed by atoms with Crippen LogP contribution in [0.3, 0.4) is 0 Å². The second-order valence-corrected chi connectivity index (χ2v) is 9.92. The third-order valence-corrected chi connectivity index (χ3v) is 6.87. The maximum atomic E-state index is 12.9. The molecule has 4 heterocycles.